The number of carbonyl (C=O) groups is 1. The van der Waals surface area contributed by atoms with Crippen LogP contribution in [0.2, 0.25) is 0 Å². The van der Waals surface area contributed by atoms with Crippen LogP contribution in [0.3, 0.4) is 0 Å². The fourth-order valence-corrected chi connectivity index (χ4v) is 2.69. The Morgan fingerprint density at radius 3 is 2.00 bits per heavy atom. The molecule has 0 unspecified atom stereocenters. The van der Waals surface area contributed by atoms with Gasteiger partial charge in [-0.2, -0.15) is 0 Å². The highest BCUT2D eigenvalue weighted by Crippen LogP contribution is 2.05. The Kier molecular flexibility index (Phi) is 8.07. The molecule has 112 valence electrons. The van der Waals surface area contributed by atoms with E-state index < -0.39 is 0 Å². The number of nitrogens with zero attached hydrogens (tertiary/aromatic N) is 3. The molecule has 0 bridgehead atoms. The largest absolute Gasteiger partial charge is 0.340 e. The van der Waals surface area contributed by atoms with Crippen molar-refractivity contribution in [1.29, 1.82) is 0 Å². The van der Waals surface area contributed by atoms with Crippen LogP contribution in [-0.4, -0.2) is 73.0 Å². The number of likely N-dealkylation sites (N-methyl/N-ethyl adjacent to an activating group) is 1. The van der Waals surface area contributed by atoms with Crippen LogP contribution in [-0.2, 0) is 4.79 Å². The minimum Gasteiger partial charge on any atom is -0.340 e. The molecule has 0 aromatic carbocycles. The second kappa shape index (κ2) is 9.32. The smallest absolute Gasteiger partial charge is 0.223 e. The van der Waals surface area contributed by atoms with Gasteiger partial charge < -0.3 is 14.7 Å². The first-order chi connectivity index (χ1) is 9.21. The van der Waals surface area contributed by atoms with Crippen LogP contribution in [0, 0.1) is 0 Å². The lowest BCUT2D eigenvalue weighted by Crippen LogP contribution is -2.49. The topological polar surface area (TPSA) is 26.8 Å². The predicted octanol–water partition coefficient (Wildman–Crippen LogP) is 1.66. The van der Waals surface area contributed by atoms with Crippen molar-refractivity contribution in [3.05, 3.63) is 0 Å². The molecule has 1 fully saturated rings. The summed E-state index contributed by atoms with van der Waals surface area (Å²) >= 11 is 0. The van der Waals surface area contributed by atoms with Crippen molar-refractivity contribution in [3.63, 3.8) is 0 Å². The van der Waals surface area contributed by atoms with E-state index >= 15 is 0 Å². The van der Waals surface area contributed by atoms with Crippen LogP contribution in [0.4, 0.5) is 0 Å². The van der Waals surface area contributed by atoms with E-state index in [4.69, 9.17) is 0 Å². The maximum absolute atomic E-state index is 12.2. The summed E-state index contributed by atoms with van der Waals surface area (Å²) in [6.45, 7) is 14.7. The van der Waals surface area contributed by atoms with Gasteiger partial charge in [0, 0.05) is 39.1 Å². The second-order valence-corrected chi connectivity index (χ2v) is 5.41. The molecule has 4 heteroatoms. The van der Waals surface area contributed by atoms with Crippen molar-refractivity contribution in [2.75, 3.05) is 52.4 Å². The Morgan fingerprint density at radius 2 is 1.53 bits per heavy atom. The Morgan fingerprint density at radius 1 is 0.947 bits per heavy atom. The summed E-state index contributed by atoms with van der Waals surface area (Å²) in [5.41, 5.74) is 0. The van der Waals surface area contributed by atoms with Crippen LogP contribution in [0.25, 0.3) is 0 Å². The lowest BCUT2D eigenvalue weighted by molar-refractivity contribution is -0.133. The fraction of sp³-hybridized carbons (Fsp3) is 0.933. The molecule has 1 saturated heterocycles. The minimum atomic E-state index is 0.341. The van der Waals surface area contributed by atoms with E-state index in [0.717, 1.165) is 52.4 Å². The van der Waals surface area contributed by atoms with Gasteiger partial charge in [-0.15, -0.1) is 0 Å². The second-order valence-electron chi connectivity index (χ2n) is 5.41. The molecule has 1 rings (SSSR count). The number of carbonyl (C=O) groups excluding carboxylic acids is 1. The van der Waals surface area contributed by atoms with Crippen molar-refractivity contribution < 1.29 is 4.79 Å². The molecule has 0 aromatic heterocycles. The molecule has 1 aliphatic rings. The maximum Gasteiger partial charge on any atom is 0.223 e. The number of piperazine rings is 1. The van der Waals surface area contributed by atoms with Crippen molar-refractivity contribution in [2.24, 2.45) is 0 Å². The third kappa shape index (κ3) is 5.91. The lowest BCUT2D eigenvalue weighted by atomic mass is 10.2. The van der Waals surface area contributed by atoms with Gasteiger partial charge in [0.25, 0.3) is 0 Å². The van der Waals surface area contributed by atoms with Gasteiger partial charge in [0.2, 0.25) is 5.91 Å². The van der Waals surface area contributed by atoms with Gasteiger partial charge >= 0.3 is 0 Å². The molecule has 1 heterocycles. The third-order valence-corrected chi connectivity index (χ3v) is 3.89. The van der Waals surface area contributed by atoms with Gasteiger partial charge in [-0.05, 0) is 32.5 Å². The van der Waals surface area contributed by atoms with Gasteiger partial charge in [0.15, 0.2) is 0 Å². The average molecular weight is 269 g/mol. The lowest BCUT2D eigenvalue weighted by Gasteiger charge is -2.34. The molecule has 0 aliphatic carbocycles. The molecule has 1 amide bonds. The molecule has 0 atom stereocenters. The molecule has 4 nitrogen and oxygen atoms in total. The Balaban J connectivity index is 2.26. The Labute approximate surface area is 118 Å². The van der Waals surface area contributed by atoms with Crippen LogP contribution >= 0.6 is 0 Å². The number of amides is 1. The van der Waals surface area contributed by atoms with E-state index in [2.05, 4.69) is 30.6 Å². The normalized spacial score (nSPS) is 17.2. The van der Waals surface area contributed by atoms with Crippen molar-refractivity contribution in [3.8, 4) is 0 Å². The highest BCUT2D eigenvalue weighted by Gasteiger charge is 2.20. The van der Waals surface area contributed by atoms with Gasteiger partial charge in [-0.3, -0.25) is 4.79 Å². The van der Waals surface area contributed by atoms with Crippen molar-refractivity contribution >= 4 is 5.91 Å². The number of hydrogen-bond donors (Lipinski definition) is 0. The van der Waals surface area contributed by atoms with Crippen LogP contribution < -0.4 is 0 Å². The molecular formula is C15H31N3O. The number of hydrogen-bond acceptors (Lipinski definition) is 3. The summed E-state index contributed by atoms with van der Waals surface area (Å²) in [5.74, 6) is 0.341. The summed E-state index contributed by atoms with van der Waals surface area (Å²) in [6.07, 6.45) is 3.03. The van der Waals surface area contributed by atoms with E-state index in [1.807, 2.05) is 4.90 Å². The van der Waals surface area contributed by atoms with E-state index in [0.29, 0.717) is 12.3 Å². The summed E-state index contributed by atoms with van der Waals surface area (Å²) in [7, 11) is 0. The summed E-state index contributed by atoms with van der Waals surface area (Å²) < 4.78 is 0. The highest BCUT2D eigenvalue weighted by atomic mass is 16.2. The van der Waals surface area contributed by atoms with Gasteiger partial charge in [0.05, 0.1) is 0 Å². The van der Waals surface area contributed by atoms with E-state index in [-0.39, 0.29) is 0 Å². The SMILES string of the molecule is CCCN(CCC)CCC(=O)N1CCN(CC)CC1. The van der Waals surface area contributed by atoms with Crippen molar-refractivity contribution in [1.82, 2.24) is 14.7 Å². The molecule has 0 spiro atoms. The predicted molar refractivity (Wildman–Crippen MR) is 80.3 cm³/mol. The molecule has 0 aromatic rings. The molecule has 0 N–H and O–H groups in total. The van der Waals surface area contributed by atoms with Gasteiger partial charge in [0.1, 0.15) is 0 Å². The third-order valence-electron chi connectivity index (χ3n) is 3.89. The van der Waals surface area contributed by atoms with E-state index in [1.165, 1.54) is 12.8 Å². The van der Waals surface area contributed by atoms with Crippen LogP contribution in [0.15, 0.2) is 0 Å². The monoisotopic (exact) mass is 269 g/mol. The van der Waals surface area contributed by atoms with E-state index in [1.54, 1.807) is 0 Å². The van der Waals surface area contributed by atoms with Crippen LogP contribution in [0.1, 0.15) is 40.0 Å². The zero-order valence-corrected chi connectivity index (χ0v) is 13.0. The van der Waals surface area contributed by atoms with Crippen molar-refractivity contribution in [2.45, 2.75) is 40.0 Å². The Hall–Kier alpha value is -0.610. The van der Waals surface area contributed by atoms with Crippen LogP contribution in [0.5, 0.6) is 0 Å². The number of rotatable bonds is 8. The zero-order valence-electron chi connectivity index (χ0n) is 13.0. The first-order valence-electron chi connectivity index (χ1n) is 7.93. The van der Waals surface area contributed by atoms with Gasteiger partial charge in [-0.25, -0.2) is 0 Å². The molecule has 0 saturated carbocycles. The first kappa shape index (κ1) is 16.4. The molecule has 0 radical (unpaired) electrons. The van der Waals surface area contributed by atoms with E-state index in [9.17, 15) is 4.79 Å². The minimum absolute atomic E-state index is 0.341. The standard InChI is InChI=1S/C15H31N3O/c1-4-8-17(9-5-2)10-7-15(19)18-13-11-16(6-3)12-14-18/h4-14H2,1-3H3. The van der Waals surface area contributed by atoms with Gasteiger partial charge in [-0.1, -0.05) is 20.8 Å². The molecular weight excluding hydrogens is 238 g/mol. The summed E-state index contributed by atoms with van der Waals surface area (Å²) in [6, 6.07) is 0. The fourth-order valence-electron chi connectivity index (χ4n) is 2.69. The Bertz CT molecular complexity index is 244. The average Bonchev–Trinajstić information content (AvgIpc) is 2.45. The zero-order chi connectivity index (χ0) is 14.1. The maximum atomic E-state index is 12.2. The summed E-state index contributed by atoms with van der Waals surface area (Å²) in [4.78, 5) is 19.1. The highest BCUT2D eigenvalue weighted by molar-refractivity contribution is 5.76. The summed E-state index contributed by atoms with van der Waals surface area (Å²) in [5, 5.41) is 0. The molecule has 19 heavy (non-hydrogen) atoms. The molecule has 1 aliphatic heterocycles. The quantitative estimate of drug-likeness (QED) is 0.670. The first-order valence-corrected chi connectivity index (χ1v) is 7.93.